The van der Waals surface area contributed by atoms with E-state index in [0.717, 1.165) is 12.3 Å². The molecule has 0 spiro atoms. The summed E-state index contributed by atoms with van der Waals surface area (Å²) in [5.41, 5.74) is -1.09. The van der Waals surface area contributed by atoms with E-state index in [0.29, 0.717) is 0 Å². The van der Waals surface area contributed by atoms with E-state index in [4.69, 9.17) is 21.4 Å². The van der Waals surface area contributed by atoms with Crippen LogP contribution >= 0.6 is 11.6 Å². The van der Waals surface area contributed by atoms with Crippen molar-refractivity contribution in [1.29, 1.82) is 0 Å². The fraction of sp³-hybridized carbons (Fsp3) is 0. The Labute approximate surface area is 121 Å². The van der Waals surface area contributed by atoms with Gasteiger partial charge in [0.15, 0.2) is 11.6 Å². The smallest absolute Gasteiger partial charge is 0.341 e. The van der Waals surface area contributed by atoms with E-state index in [-0.39, 0.29) is 10.8 Å². The monoisotopic (exact) mass is 312 g/mol. The summed E-state index contributed by atoms with van der Waals surface area (Å²) in [5, 5.41) is 19.4. The number of benzene rings is 1. The Morgan fingerprint density at radius 1 is 1.48 bits per heavy atom. The van der Waals surface area contributed by atoms with E-state index in [1.807, 2.05) is 0 Å². The molecule has 0 atom stereocenters. The van der Waals surface area contributed by atoms with Gasteiger partial charge in [0.25, 0.3) is 5.69 Å². The lowest BCUT2D eigenvalue weighted by Gasteiger charge is -2.08. The second kappa shape index (κ2) is 5.71. The predicted molar refractivity (Wildman–Crippen MR) is 69.3 cm³/mol. The number of rotatable bonds is 4. The highest BCUT2D eigenvalue weighted by Gasteiger charge is 2.20. The van der Waals surface area contributed by atoms with E-state index < -0.39 is 33.8 Å². The third-order valence-electron chi connectivity index (χ3n) is 2.40. The summed E-state index contributed by atoms with van der Waals surface area (Å²) in [4.78, 5) is 24.4. The molecule has 1 aromatic carbocycles. The standard InChI is InChI=1S/C12H6ClFN2O5/c13-8-2-1-3-9(10(8)14)21-11-7(12(17)18)4-6(5-15-11)16(19)20/h1-5H,(H,17,18). The van der Waals surface area contributed by atoms with Crippen molar-refractivity contribution in [1.82, 2.24) is 4.98 Å². The maximum absolute atomic E-state index is 13.7. The lowest BCUT2D eigenvalue weighted by Crippen LogP contribution is -2.04. The molecule has 0 fully saturated rings. The first kappa shape index (κ1) is 14.7. The van der Waals surface area contributed by atoms with Gasteiger partial charge in [-0.15, -0.1) is 0 Å². The van der Waals surface area contributed by atoms with Gasteiger partial charge in [-0.3, -0.25) is 10.1 Å². The zero-order valence-corrected chi connectivity index (χ0v) is 10.9. The second-order valence-corrected chi connectivity index (χ2v) is 4.17. The molecule has 1 aromatic heterocycles. The van der Waals surface area contributed by atoms with Crippen molar-refractivity contribution in [2.75, 3.05) is 0 Å². The Balaban J connectivity index is 2.46. The predicted octanol–water partition coefficient (Wildman–Crippen LogP) is 3.27. The maximum Gasteiger partial charge on any atom is 0.341 e. The summed E-state index contributed by atoms with van der Waals surface area (Å²) in [7, 11) is 0. The first-order chi connectivity index (χ1) is 9.90. The summed E-state index contributed by atoms with van der Waals surface area (Å²) in [5.74, 6) is -3.21. The number of carbonyl (C=O) groups is 1. The molecular weight excluding hydrogens is 307 g/mol. The summed E-state index contributed by atoms with van der Waals surface area (Å²) in [6.45, 7) is 0. The summed E-state index contributed by atoms with van der Waals surface area (Å²) >= 11 is 5.57. The average molecular weight is 313 g/mol. The highest BCUT2D eigenvalue weighted by atomic mass is 35.5. The Hall–Kier alpha value is -2.74. The average Bonchev–Trinajstić information content (AvgIpc) is 2.43. The van der Waals surface area contributed by atoms with E-state index in [1.165, 1.54) is 18.2 Å². The molecule has 2 aromatic rings. The van der Waals surface area contributed by atoms with Gasteiger partial charge in [0.2, 0.25) is 5.88 Å². The second-order valence-electron chi connectivity index (χ2n) is 3.76. The van der Waals surface area contributed by atoms with Gasteiger partial charge in [-0.1, -0.05) is 17.7 Å². The van der Waals surface area contributed by atoms with Crippen molar-refractivity contribution in [2.24, 2.45) is 0 Å². The van der Waals surface area contributed by atoms with E-state index in [9.17, 15) is 19.3 Å². The topological polar surface area (TPSA) is 103 Å². The fourth-order valence-electron chi connectivity index (χ4n) is 1.44. The molecule has 2 rings (SSSR count). The molecule has 7 nitrogen and oxygen atoms in total. The number of aromatic nitrogens is 1. The molecule has 0 bridgehead atoms. The van der Waals surface area contributed by atoms with Gasteiger partial charge in [-0.25, -0.2) is 14.2 Å². The van der Waals surface area contributed by atoms with Crippen molar-refractivity contribution in [3.05, 3.63) is 57.0 Å². The van der Waals surface area contributed by atoms with Gasteiger partial charge >= 0.3 is 5.97 Å². The zero-order chi connectivity index (χ0) is 15.6. The number of hydrogen-bond donors (Lipinski definition) is 1. The summed E-state index contributed by atoms with van der Waals surface area (Å²) < 4.78 is 18.7. The van der Waals surface area contributed by atoms with Crippen LogP contribution in [-0.4, -0.2) is 21.0 Å². The molecule has 1 heterocycles. The highest BCUT2D eigenvalue weighted by Crippen LogP contribution is 2.30. The number of nitro groups is 1. The van der Waals surface area contributed by atoms with Crippen molar-refractivity contribution >= 4 is 23.3 Å². The maximum atomic E-state index is 13.7. The number of ether oxygens (including phenoxy) is 1. The highest BCUT2D eigenvalue weighted by molar-refractivity contribution is 6.30. The molecule has 0 aliphatic heterocycles. The van der Waals surface area contributed by atoms with Crippen LogP contribution in [0.25, 0.3) is 0 Å². The quantitative estimate of drug-likeness (QED) is 0.686. The zero-order valence-electron chi connectivity index (χ0n) is 10.1. The molecule has 0 aliphatic carbocycles. The third kappa shape index (κ3) is 3.06. The molecule has 0 unspecified atom stereocenters. The fourth-order valence-corrected chi connectivity index (χ4v) is 1.61. The number of aromatic carboxylic acids is 1. The first-order valence-corrected chi connectivity index (χ1v) is 5.77. The number of hydrogen-bond acceptors (Lipinski definition) is 5. The van der Waals surface area contributed by atoms with Crippen LogP contribution in [0.1, 0.15) is 10.4 Å². The molecule has 0 saturated heterocycles. The van der Waals surface area contributed by atoms with Crippen LogP contribution in [0.15, 0.2) is 30.5 Å². The van der Waals surface area contributed by atoms with Crippen molar-refractivity contribution in [2.45, 2.75) is 0 Å². The van der Waals surface area contributed by atoms with Crippen LogP contribution in [0.5, 0.6) is 11.6 Å². The Morgan fingerprint density at radius 2 is 2.19 bits per heavy atom. The van der Waals surface area contributed by atoms with Gasteiger partial charge in [0, 0.05) is 6.07 Å². The summed E-state index contributed by atoms with van der Waals surface area (Å²) in [6.07, 6.45) is 0.810. The summed E-state index contributed by atoms with van der Waals surface area (Å²) in [6, 6.07) is 4.67. The molecule has 108 valence electrons. The van der Waals surface area contributed by atoms with E-state index in [2.05, 4.69) is 4.98 Å². The van der Waals surface area contributed by atoms with E-state index in [1.54, 1.807) is 0 Å². The van der Waals surface area contributed by atoms with Crippen molar-refractivity contribution in [3.8, 4) is 11.6 Å². The Morgan fingerprint density at radius 3 is 2.81 bits per heavy atom. The normalized spacial score (nSPS) is 10.2. The molecule has 9 heteroatoms. The van der Waals surface area contributed by atoms with E-state index >= 15 is 0 Å². The van der Waals surface area contributed by atoms with Crippen LogP contribution in [0.4, 0.5) is 10.1 Å². The van der Waals surface area contributed by atoms with Crippen LogP contribution in [0, 0.1) is 15.9 Å². The minimum atomic E-state index is -1.50. The van der Waals surface area contributed by atoms with Crippen LogP contribution in [-0.2, 0) is 0 Å². The largest absolute Gasteiger partial charge is 0.477 e. The van der Waals surface area contributed by atoms with Gasteiger partial charge in [0.1, 0.15) is 11.8 Å². The molecular formula is C12H6ClFN2O5. The number of pyridine rings is 1. The van der Waals surface area contributed by atoms with Crippen LogP contribution < -0.4 is 4.74 Å². The lowest BCUT2D eigenvalue weighted by molar-refractivity contribution is -0.385. The van der Waals surface area contributed by atoms with Crippen molar-refractivity contribution in [3.63, 3.8) is 0 Å². The molecule has 0 radical (unpaired) electrons. The minimum Gasteiger partial charge on any atom is -0.477 e. The number of halogens is 2. The van der Waals surface area contributed by atoms with Crippen LogP contribution in [0.2, 0.25) is 5.02 Å². The molecule has 0 aliphatic rings. The Bertz CT molecular complexity index is 738. The Kier molecular flexibility index (Phi) is 3.99. The van der Waals surface area contributed by atoms with Gasteiger partial charge < -0.3 is 9.84 Å². The minimum absolute atomic E-state index is 0.216. The van der Waals surface area contributed by atoms with Gasteiger partial charge in [-0.05, 0) is 12.1 Å². The first-order valence-electron chi connectivity index (χ1n) is 5.39. The molecule has 21 heavy (non-hydrogen) atoms. The molecule has 0 amide bonds. The number of carboxylic acids is 1. The van der Waals surface area contributed by atoms with Gasteiger partial charge in [-0.2, -0.15) is 0 Å². The van der Waals surface area contributed by atoms with Gasteiger partial charge in [0.05, 0.1) is 9.95 Å². The van der Waals surface area contributed by atoms with Crippen LogP contribution in [0.3, 0.4) is 0 Å². The third-order valence-corrected chi connectivity index (χ3v) is 2.69. The molecule has 0 saturated carbocycles. The number of carboxylic acid groups (broad SMARTS) is 1. The van der Waals surface area contributed by atoms with Crippen molar-refractivity contribution < 1.29 is 24.0 Å². The molecule has 1 N–H and O–H groups in total. The lowest BCUT2D eigenvalue weighted by atomic mass is 10.2. The number of nitrogens with zero attached hydrogens (tertiary/aromatic N) is 2. The SMILES string of the molecule is O=C(O)c1cc([N+](=O)[O-])cnc1Oc1cccc(Cl)c1F.